The zero-order valence-corrected chi connectivity index (χ0v) is 44.0. The molecule has 0 aliphatic carbocycles. The van der Waals surface area contributed by atoms with E-state index in [4.69, 9.17) is 44.3 Å². The molecule has 13 heteroatoms. The van der Waals surface area contributed by atoms with Gasteiger partial charge in [0.2, 0.25) is 11.6 Å². The van der Waals surface area contributed by atoms with Gasteiger partial charge in [-0.15, -0.1) is 22.7 Å². The smallest absolute Gasteiger partial charge is 0.205 e. The summed E-state index contributed by atoms with van der Waals surface area (Å²) in [6.45, 7) is 16.1. The summed E-state index contributed by atoms with van der Waals surface area (Å²) in [5.41, 5.74) is 6.32. The molecular formula is C58H55Cl3N2O6S2. The predicted molar refractivity (Wildman–Crippen MR) is 294 cm³/mol. The Bertz CT molecular complexity index is 3220. The summed E-state index contributed by atoms with van der Waals surface area (Å²) >= 11 is 21.4. The molecule has 4 heterocycles. The van der Waals surface area contributed by atoms with Crippen LogP contribution in [0.15, 0.2) is 115 Å². The molecule has 0 amide bonds. The largest absolute Gasteiger partial charge is 0.508 e. The summed E-state index contributed by atoms with van der Waals surface area (Å²) in [4.78, 5) is 33.6. The lowest BCUT2D eigenvalue weighted by atomic mass is 9.94. The number of carbonyl (C=O) groups excluding carboxylic acids is 2. The van der Waals surface area contributed by atoms with Gasteiger partial charge in [-0.1, -0.05) is 72.9 Å². The first-order valence-corrected chi connectivity index (χ1v) is 26.7. The number of rotatable bonds is 14. The molecule has 0 unspecified atom stereocenters. The van der Waals surface area contributed by atoms with Gasteiger partial charge in [0, 0.05) is 78.7 Å². The summed E-state index contributed by atoms with van der Waals surface area (Å²) in [5, 5.41) is 23.3. The topological polar surface area (TPSA) is 99.5 Å². The number of aromatic hydroxyl groups is 2. The van der Waals surface area contributed by atoms with Crippen LogP contribution in [0.1, 0.15) is 68.3 Å². The van der Waals surface area contributed by atoms with Crippen molar-refractivity contribution in [2.24, 2.45) is 11.8 Å². The summed E-state index contributed by atoms with van der Waals surface area (Å²) in [7, 11) is 0. The fourth-order valence-electron chi connectivity index (χ4n) is 9.72. The molecule has 2 saturated heterocycles. The van der Waals surface area contributed by atoms with E-state index in [0.29, 0.717) is 49.2 Å². The SMILES string of the molecule is C[C@@H]1CCN(CCOc2ccc(-c3c(C(=O)c4ccc(Cl)cc4Cl)sc4cc(O)ccc34)cc2)C1.Cc1cc(Cl)cc(C)c1C(=O)c1sc2cc(O)ccc2c1-c1ccc(OCCN2CC[C@@H](C)C2)cc1. The van der Waals surface area contributed by atoms with E-state index in [9.17, 15) is 19.8 Å². The first-order valence-electron chi connectivity index (χ1n) is 23.9. The molecule has 71 heavy (non-hydrogen) atoms. The standard InChI is InChI=1S/C30H30ClNO3S.C28H25Cl2NO3S/c1-18-10-11-32(17-18)12-13-35-24-7-4-21(5-8-24)28-25-9-6-23(33)16-26(25)36-30(28)29(34)27-19(2)14-22(31)15-20(27)3;1-17-10-11-31(16-17)12-13-34-21-6-2-18(3-7-21)26-23-9-5-20(32)15-25(23)35-28(26)27(33)22-8-4-19(29)14-24(22)30/h4-9,14-16,18,33H,10-13,17H2,1-3H3;2-9,14-15,17,32H,10-13,16H2,1H3/t18-;17-/m11/s1. The van der Waals surface area contributed by atoms with Gasteiger partial charge >= 0.3 is 0 Å². The number of likely N-dealkylation sites (tertiary alicyclic amines) is 2. The number of ketones is 2. The third-order valence-electron chi connectivity index (χ3n) is 13.3. The number of thiophene rings is 2. The maximum Gasteiger partial charge on any atom is 0.205 e. The van der Waals surface area contributed by atoms with Gasteiger partial charge < -0.3 is 19.7 Å². The summed E-state index contributed by atoms with van der Waals surface area (Å²) in [6, 6.07) is 34.8. The predicted octanol–water partition coefficient (Wildman–Crippen LogP) is 15.0. The van der Waals surface area contributed by atoms with Gasteiger partial charge in [0.25, 0.3) is 0 Å². The number of ether oxygens (including phenoxy) is 2. The number of halogens is 3. The molecule has 2 fully saturated rings. The van der Waals surface area contributed by atoms with E-state index in [1.54, 1.807) is 42.5 Å². The Kier molecular flexibility index (Phi) is 15.7. The summed E-state index contributed by atoms with van der Waals surface area (Å²) < 4.78 is 13.7. The highest BCUT2D eigenvalue weighted by Gasteiger charge is 2.26. The number of carbonyl (C=O) groups is 2. The number of fused-ring (bicyclic) bond motifs is 2. The zero-order valence-electron chi connectivity index (χ0n) is 40.1. The second-order valence-electron chi connectivity index (χ2n) is 18.8. The molecule has 366 valence electrons. The van der Waals surface area contributed by atoms with Crippen LogP contribution in [0.3, 0.4) is 0 Å². The van der Waals surface area contributed by atoms with Crippen molar-refractivity contribution in [3.05, 3.63) is 162 Å². The van der Waals surface area contributed by atoms with Crippen LogP contribution in [-0.2, 0) is 0 Å². The minimum absolute atomic E-state index is 0.0301. The Labute approximate surface area is 437 Å². The number of hydrogen-bond donors (Lipinski definition) is 2. The highest BCUT2D eigenvalue weighted by Crippen LogP contribution is 2.44. The van der Waals surface area contributed by atoms with Crippen LogP contribution in [0.4, 0.5) is 0 Å². The lowest BCUT2D eigenvalue weighted by Gasteiger charge is -2.15. The molecule has 8 aromatic rings. The second kappa shape index (κ2) is 22.1. The normalized spacial score (nSPS) is 16.1. The van der Waals surface area contributed by atoms with Gasteiger partial charge in [-0.2, -0.15) is 0 Å². The van der Waals surface area contributed by atoms with Crippen LogP contribution in [0.2, 0.25) is 15.1 Å². The molecule has 2 aromatic heterocycles. The molecule has 0 radical (unpaired) electrons. The number of phenols is 2. The zero-order chi connectivity index (χ0) is 49.9. The van der Waals surface area contributed by atoms with Crippen molar-refractivity contribution >= 4 is 89.2 Å². The number of phenolic OH excluding ortho intramolecular Hbond substituents is 2. The molecule has 6 aromatic carbocycles. The van der Waals surface area contributed by atoms with Gasteiger partial charge in [0.1, 0.15) is 36.2 Å². The molecule has 2 aliphatic rings. The van der Waals surface area contributed by atoms with Crippen LogP contribution in [0.5, 0.6) is 23.0 Å². The molecular weight excluding hydrogens is 991 g/mol. The maximum absolute atomic E-state index is 13.9. The minimum Gasteiger partial charge on any atom is -0.508 e. The summed E-state index contributed by atoms with van der Waals surface area (Å²) in [5.74, 6) is 3.28. The van der Waals surface area contributed by atoms with Crippen LogP contribution >= 0.6 is 57.5 Å². The Balaban J connectivity index is 0.000000176. The van der Waals surface area contributed by atoms with Gasteiger partial charge in [0.15, 0.2) is 0 Å². The number of aryl methyl sites for hydroxylation is 2. The Morgan fingerprint density at radius 3 is 1.49 bits per heavy atom. The van der Waals surface area contributed by atoms with E-state index in [0.717, 1.165) is 116 Å². The number of nitrogens with zero attached hydrogens (tertiary/aromatic N) is 2. The second-order valence-corrected chi connectivity index (χ2v) is 22.2. The Morgan fingerprint density at radius 1 is 0.592 bits per heavy atom. The van der Waals surface area contributed by atoms with Gasteiger partial charge in [-0.25, -0.2) is 0 Å². The molecule has 8 nitrogen and oxygen atoms in total. The van der Waals surface area contributed by atoms with Crippen LogP contribution in [0, 0.1) is 25.7 Å². The molecule has 0 saturated carbocycles. The van der Waals surface area contributed by atoms with E-state index in [2.05, 4.69) is 23.6 Å². The van der Waals surface area contributed by atoms with E-state index in [1.165, 1.54) is 35.5 Å². The van der Waals surface area contributed by atoms with Crippen molar-refractivity contribution in [1.82, 2.24) is 9.80 Å². The molecule has 2 aliphatic heterocycles. The molecule has 2 N–H and O–H groups in total. The summed E-state index contributed by atoms with van der Waals surface area (Å²) in [6.07, 6.45) is 2.51. The lowest BCUT2D eigenvalue weighted by molar-refractivity contribution is 0.103. The van der Waals surface area contributed by atoms with Crippen molar-refractivity contribution in [2.75, 3.05) is 52.5 Å². The monoisotopic (exact) mass is 1040 g/mol. The molecule has 2 atom stereocenters. The first kappa shape index (κ1) is 50.5. The highest BCUT2D eigenvalue weighted by molar-refractivity contribution is 7.22. The Morgan fingerprint density at radius 2 is 1.06 bits per heavy atom. The molecule has 10 rings (SSSR count). The fourth-order valence-corrected chi connectivity index (χ4v) is 13.0. The first-order chi connectivity index (χ1) is 34.2. The lowest BCUT2D eigenvalue weighted by Crippen LogP contribution is -2.25. The molecule has 0 spiro atoms. The van der Waals surface area contributed by atoms with Crippen molar-refractivity contribution in [1.29, 1.82) is 0 Å². The van der Waals surface area contributed by atoms with Crippen molar-refractivity contribution in [3.63, 3.8) is 0 Å². The van der Waals surface area contributed by atoms with E-state index in [1.807, 2.05) is 86.6 Å². The van der Waals surface area contributed by atoms with Gasteiger partial charge in [0.05, 0.1) is 14.8 Å². The average molecular weight is 1050 g/mol. The van der Waals surface area contributed by atoms with E-state index >= 15 is 0 Å². The van der Waals surface area contributed by atoms with Crippen LogP contribution in [-0.4, -0.2) is 84.1 Å². The maximum atomic E-state index is 13.9. The van der Waals surface area contributed by atoms with E-state index < -0.39 is 0 Å². The van der Waals surface area contributed by atoms with Gasteiger partial charge in [-0.05, 0) is 165 Å². The third-order valence-corrected chi connectivity index (χ3v) is 16.4. The van der Waals surface area contributed by atoms with Crippen molar-refractivity contribution in [3.8, 4) is 45.3 Å². The number of benzene rings is 6. The van der Waals surface area contributed by atoms with Crippen molar-refractivity contribution in [2.45, 2.75) is 40.5 Å². The van der Waals surface area contributed by atoms with Crippen LogP contribution < -0.4 is 9.47 Å². The average Bonchev–Trinajstić information content (AvgIpc) is 4.14. The van der Waals surface area contributed by atoms with Gasteiger partial charge in [-0.3, -0.25) is 19.4 Å². The Hall–Kier alpha value is -5.43. The minimum atomic E-state index is -0.178. The molecule has 0 bridgehead atoms. The highest BCUT2D eigenvalue weighted by atomic mass is 35.5. The van der Waals surface area contributed by atoms with Crippen LogP contribution in [0.25, 0.3) is 42.4 Å². The quantitative estimate of drug-likeness (QED) is 0.104. The van der Waals surface area contributed by atoms with E-state index in [-0.39, 0.29) is 23.1 Å². The number of hydrogen-bond acceptors (Lipinski definition) is 10. The third kappa shape index (κ3) is 11.6. The fraction of sp³-hybridized carbons (Fsp3) is 0.276. The van der Waals surface area contributed by atoms with Crippen molar-refractivity contribution < 1.29 is 29.3 Å².